The summed E-state index contributed by atoms with van der Waals surface area (Å²) in [5.74, 6) is 0.822. The number of ether oxygens (including phenoxy) is 1. The van der Waals surface area contributed by atoms with Crippen molar-refractivity contribution in [2.75, 3.05) is 19.0 Å². The van der Waals surface area contributed by atoms with Gasteiger partial charge in [-0.15, -0.1) is 11.8 Å². The first-order valence-corrected chi connectivity index (χ1v) is 10.3. The van der Waals surface area contributed by atoms with Gasteiger partial charge < -0.3 is 14.0 Å². The first kappa shape index (κ1) is 20.2. The molecule has 2 fully saturated rings. The molecule has 144 valence electrons. The topological polar surface area (TPSA) is 46.2 Å². The van der Waals surface area contributed by atoms with Crippen molar-refractivity contribution in [3.05, 3.63) is 24.3 Å². The predicted octanol–water partition coefficient (Wildman–Crippen LogP) is 3.55. The molecule has 2 heterocycles. The molecular formula is C19H29BO5S. The highest BCUT2D eigenvalue weighted by molar-refractivity contribution is 7.99. The highest BCUT2D eigenvalue weighted by Gasteiger charge is 2.51. The van der Waals surface area contributed by atoms with Crippen LogP contribution in [0, 0.1) is 0 Å². The second kappa shape index (κ2) is 8.63. The summed E-state index contributed by atoms with van der Waals surface area (Å²) in [6.45, 7) is 9.56. The van der Waals surface area contributed by atoms with Crippen molar-refractivity contribution in [1.82, 2.24) is 0 Å². The van der Waals surface area contributed by atoms with Gasteiger partial charge in [0.05, 0.1) is 17.8 Å². The van der Waals surface area contributed by atoms with Crippen LogP contribution in [0.15, 0.2) is 29.2 Å². The Labute approximate surface area is 161 Å². The lowest BCUT2D eigenvalue weighted by Crippen LogP contribution is -2.41. The van der Waals surface area contributed by atoms with Crippen molar-refractivity contribution in [2.45, 2.75) is 69.3 Å². The van der Waals surface area contributed by atoms with Gasteiger partial charge in [-0.25, -0.2) is 9.78 Å². The first-order valence-electron chi connectivity index (χ1n) is 9.36. The summed E-state index contributed by atoms with van der Waals surface area (Å²) >= 11 is 1.73. The average molecular weight is 380 g/mol. The minimum atomic E-state index is -0.315. The Morgan fingerprint density at radius 3 is 2.38 bits per heavy atom. The minimum absolute atomic E-state index is 0.201. The van der Waals surface area contributed by atoms with Gasteiger partial charge in [0.25, 0.3) is 0 Å². The molecule has 26 heavy (non-hydrogen) atoms. The Bertz CT molecular complexity index is 556. The normalized spacial score (nSPS) is 24.8. The van der Waals surface area contributed by atoms with Gasteiger partial charge >= 0.3 is 7.12 Å². The molecule has 0 spiro atoms. The number of thioether (sulfide) groups is 1. The maximum absolute atomic E-state index is 6.08. The SMILES string of the molecule is CC1(C)OB(c2ccc(SCCOOC3CCCCO3)cc2)OC1(C)C. The zero-order valence-corrected chi connectivity index (χ0v) is 17.0. The molecule has 0 bridgehead atoms. The molecule has 5 nitrogen and oxygen atoms in total. The molecule has 0 N–H and O–H groups in total. The lowest BCUT2D eigenvalue weighted by atomic mass is 9.79. The molecule has 0 aliphatic carbocycles. The summed E-state index contributed by atoms with van der Waals surface area (Å²) in [5, 5.41) is 0. The van der Waals surface area contributed by atoms with Crippen LogP contribution in [0.4, 0.5) is 0 Å². The Balaban J connectivity index is 1.39. The third-order valence-corrected chi connectivity index (χ3v) is 6.13. The highest BCUT2D eigenvalue weighted by atomic mass is 32.2. The monoisotopic (exact) mass is 380 g/mol. The minimum Gasteiger partial charge on any atom is -0.399 e. The summed E-state index contributed by atoms with van der Waals surface area (Å²) in [4.78, 5) is 11.7. The van der Waals surface area contributed by atoms with E-state index in [1.807, 2.05) is 0 Å². The van der Waals surface area contributed by atoms with Crippen LogP contribution in [0.3, 0.4) is 0 Å². The lowest BCUT2D eigenvalue weighted by molar-refractivity contribution is -0.381. The van der Waals surface area contributed by atoms with Crippen LogP contribution >= 0.6 is 11.8 Å². The molecule has 7 heteroatoms. The number of hydrogen-bond acceptors (Lipinski definition) is 6. The molecule has 2 aliphatic heterocycles. The largest absolute Gasteiger partial charge is 0.494 e. The van der Waals surface area contributed by atoms with Crippen molar-refractivity contribution >= 4 is 24.3 Å². The van der Waals surface area contributed by atoms with Crippen LogP contribution in [-0.2, 0) is 23.8 Å². The molecule has 0 amide bonds. The third kappa shape index (κ3) is 5.03. The second-order valence-electron chi connectivity index (χ2n) is 7.72. The average Bonchev–Trinajstić information content (AvgIpc) is 2.84. The molecule has 1 aromatic carbocycles. The standard InChI is InChI=1S/C19H29BO5S/c1-18(2)19(3,4)25-20(24-18)15-8-10-16(11-9-15)26-14-13-22-23-17-7-5-6-12-21-17/h8-11,17H,5-7,12-14H2,1-4H3. The molecular weight excluding hydrogens is 351 g/mol. The zero-order valence-electron chi connectivity index (χ0n) is 16.2. The van der Waals surface area contributed by atoms with E-state index in [0.29, 0.717) is 6.61 Å². The van der Waals surface area contributed by atoms with E-state index in [4.69, 9.17) is 23.8 Å². The number of rotatable bonds is 7. The molecule has 1 unspecified atom stereocenters. The summed E-state index contributed by atoms with van der Waals surface area (Å²) in [6.07, 6.45) is 2.95. The molecule has 1 atom stereocenters. The van der Waals surface area contributed by atoms with Gasteiger partial charge in [-0.05, 0) is 58.1 Å². The van der Waals surface area contributed by atoms with E-state index in [1.54, 1.807) is 11.8 Å². The van der Waals surface area contributed by atoms with Crippen LogP contribution in [0.2, 0.25) is 0 Å². The summed E-state index contributed by atoms with van der Waals surface area (Å²) < 4.78 is 17.6. The van der Waals surface area contributed by atoms with Gasteiger partial charge in [-0.3, -0.25) is 0 Å². The highest BCUT2D eigenvalue weighted by Crippen LogP contribution is 2.36. The third-order valence-electron chi connectivity index (χ3n) is 5.15. The van der Waals surface area contributed by atoms with Gasteiger partial charge in [-0.2, -0.15) is 0 Å². The van der Waals surface area contributed by atoms with Gasteiger partial charge in [0.2, 0.25) is 0 Å². The van der Waals surface area contributed by atoms with E-state index in [9.17, 15) is 0 Å². The van der Waals surface area contributed by atoms with Crippen molar-refractivity contribution in [2.24, 2.45) is 0 Å². The van der Waals surface area contributed by atoms with Gasteiger partial charge in [0, 0.05) is 23.7 Å². The number of hydrogen-bond donors (Lipinski definition) is 0. The zero-order chi connectivity index (χ0) is 18.6. The molecule has 1 aromatic rings. The molecule has 2 saturated heterocycles. The molecule has 0 radical (unpaired) electrons. The molecule has 0 saturated carbocycles. The van der Waals surface area contributed by atoms with Crippen LogP contribution in [0.5, 0.6) is 0 Å². The number of benzene rings is 1. The Morgan fingerprint density at radius 1 is 1.08 bits per heavy atom. The smallest absolute Gasteiger partial charge is 0.399 e. The second-order valence-corrected chi connectivity index (χ2v) is 8.89. The van der Waals surface area contributed by atoms with Gasteiger partial charge in [-0.1, -0.05) is 12.1 Å². The van der Waals surface area contributed by atoms with Crippen LogP contribution in [0.1, 0.15) is 47.0 Å². The first-order chi connectivity index (χ1) is 12.4. The maximum Gasteiger partial charge on any atom is 0.494 e. The van der Waals surface area contributed by atoms with Gasteiger partial charge in [0.15, 0.2) is 6.29 Å². The van der Waals surface area contributed by atoms with Crippen molar-refractivity contribution < 1.29 is 23.8 Å². The van der Waals surface area contributed by atoms with E-state index in [1.165, 1.54) is 4.90 Å². The molecule has 2 aliphatic rings. The van der Waals surface area contributed by atoms with Crippen LogP contribution in [0.25, 0.3) is 0 Å². The Kier molecular flexibility index (Phi) is 6.70. The quantitative estimate of drug-likeness (QED) is 0.237. The van der Waals surface area contributed by atoms with Crippen LogP contribution < -0.4 is 5.46 Å². The van der Waals surface area contributed by atoms with E-state index in [-0.39, 0.29) is 24.6 Å². The summed E-state index contributed by atoms with van der Waals surface area (Å²) in [5.41, 5.74) is 0.414. The fraction of sp³-hybridized carbons (Fsp3) is 0.684. The van der Waals surface area contributed by atoms with E-state index >= 15 is 0 Å². The Hall–Kier alpha value is -0.565. The van der Waals surface area contributed by atoms with Crippen molar-refractivity contribution in [1.29, 1.82) is 0 Å². The maximum atomic E-state index is 6.08. The molecule has 3 rings (SSSR count). The van der Waals surface area contributed by atoms with E-state index in [2.05, 4.69) is 52.0 Å². The van der Waals surface area contributed by atoms with Gasteiger partial charge in [0.1, 0.15) is 0 Å². The van der Waals surface area contributed by atoms with Crippen molar-refractivity contribution in [3.8, 4) is 0 Å². The Morgan fingerprint density at radius 2 is 1.77 bits per heavy atom. The fourth-order valence-electron chi connectivity index (χ4n) is 2.80. The fourth-order valence-corrected chi connectivity index (χ4v) is 3.52. The lowest BCUT2D eigenvalue weighted by Gasteiger charge is -2.32. The molecule has 0 aromatic heterocycles. The predicted molar refractivity (Wildman–Crippen MR) is 104 cm³/mol. The van der Waals surface area contributed by atoms with E-state index in [0.717, 1.165) is 37.1 Å². The van der Waals surface area contributed by atoms with Crippen LogP contribution in [-0.4, -0.2) is 43.6 Å². The summed E-state index contributed by atoms with van der Waals surface area (Å²) in [7, 11) is -0.314. The summed E-state index contributed by atoms with van der Waals surface area (Å²) in [6, 6.07) is 8.32. The van der Waals surface area contributed by atoms with E-state index < -0.39 is 0 Å². The van der Waals surface area contributed by atoms with Crippen molar-refractivity contribution in [3.63, 3.8) is 0 Å².